The average Bonchev–Trinajstić information content (AvgIpc) is 2.98. The second kappa shape index (κ2) is 8.16. The highest BCUT2D eigenvalue weighted by atomic mass is 19.4. The molecule has 0 unspecified atom stereocenters. The summed E-state index contributed by atoms with van der Waals surface area (Å²) in [4.78, 5) is 14.3. The number of aryl methyl sites for hydroxylation is 1. The monoisotopic (exact) mass is 404 g/mol. The van der Waals surface area contributed by atoms with Gasteiger partial charge < -0.3 is 20.1 Å². The Morgan fingerprint density at radius 1 is 1.10 bits per heavy atom. The molecule has 0 saturated carbocycles. The van der Waals surface area contributed by atoms with Gasteiger partial charge in [0.1, 0.15) is 0 Å². The molecule has 3 aromatic rings. The van der Waals surface area contributed by atoms with Crippen molar-refractivity contribution >= 4 is 22.6 Å². The number of fused-ring (bicyclic) bond motifs is 1. The third-order valence-corrected chi connectivity index (χ3v) is 4.85. The van der Waals surface area contributed by atoms with Gasteiger partial charge in [-0.3, -0.25) is 0 Å². The van der Waals surface area contributed by atoms with Crippen molar-refractivity contribution < 1.29 is 18.0 Å². The number of carbonyl (C=O) groups excluding carboxylic acids is 1. The molecule has 5 nitrogen and oxygen atoms in total. The molecule has 0 radical (unpaired) electrons. The fourth-order valence-electron chi connectivity index (χ4n) is 3.40. The molecule has 1 atom stereocenters. The number of hydrogen-bond donors (Lipinski definition) is 2. The molecule has 1 heterocycles. The second-order valence-corrected chi connectivity index (χ2v) is 7.07. The summed E-state index contributed by atoms with van der Waals surface area (Å²) in [6, 6.07) is 12.0. The van der Waals surface area contributed by atoms with Crippen molar-refractivity contribution in [3.8, 4) is 0 Å². The molecule has 0 spiro atoms. The Bertz CT molecular complexity index is 1010. The second-order valence-electron chi connectivity index (χ2n) is 7.07. The van der Waals surface area contributed by atoms with E-state index in [4.69, 9.17) is 0 Å². The molecular weight excluding hydrogens is 381 g/mol. The summed E-state index contributed by atoms with van der Waals surface area (Å²) >= 11 is 0. The van der Waals surface area contributed by atoms with Gasteiger partial charge in [0.25, 0.3) is 0 Å². The molecule has 3 rings (SSSR count). The Morgan fingerprint density at radius 3 is 2.45 bits per heavy atom. The fraction of sp³-hybridized carbons (Fsp3) is 0.286. The Morgan fingerprint density at radius 2 is 1.76 bits per heavy atom. The first-order valence-corrected chi connectivity index (χ1v) is 9.10. The lowest BCUT2D eigenvalue weighted by Gasteiger charge is -2.25. The van der Waals surface area contributed by atoms with Crippen molar-refractivity contribution in [3.63, 3.8) is 0 Å². The van der Waals surface area contributed by atoms with E-state index >= 15 is 0 Å². The van der Waals surface area contributed by atoms with Crippen LogP contribution in [-0.2, 0) is 13.2 Å². The SMILES string of the molecule is CN(C)[C@@H](CNC(=O)Nc1ccccc1C(F)(F)F)c1cn(C)c2ccccc12. The molecule has 0 aliphatic rings. The minimum absolute atomic E-state index is 0.148. The molecule has 2 aromatic carbocycles. The molecule has 29 heavy (non-hydrogen) atoms. The number of rotatable bonds is 5. The zero-order valence-corrected chi connectivity index (χ0v) is 16.4. The van der Waals surface area contributed by atoms with Crippen LogP contribution in [0.15, 0.2) is 54.7 Å². The van der Waals surface area contributed by atoms with Crippen LogP contribution in [0.4, 0.5) is 23.7 Å². The Kier molecular flexibility index (Phi) is 5.83. The van der Waals surface area contributed by atoms with Crippen LogP contribution in [0.25, 0.3) is 10.9 Å². The van der Waals surface area contributed by atoms with E-state index in [1.54, 1.807) is 0 Å². The third-order valence-electron chi connectivity index (χ3n) is 4.85. The van der Waals surface area contributed by atoms with Crippen LogP contribution in [0.2, 0.25) is 0 Å². The Labute approximate surface area is 167 Å². The van der Waals surface area contributed by atoms with E-state index in [1.807, 2.05) is 61.1 Å². The van der Waals surface area contributed by atoms with Crippen LogP contribution in [0.1, 0.15) is 17.2 Å². The van der Waals surface area contributed by atoms with Gasteiger partial charge in [-0.15, -0.1) is 0 Å². The minimum atomic E-state index is -4.54. The molecule has 1 aromatic heterocycles. The molecule has 0 fully saturated rings. The molecule has 0 saturated heterocycles. The summed E-state index contributed by atoms with van der Waals surface area (Å²) in [7, 11) is 5.74. The van der Waals surface area contributed by atoms with Gasteiger partial charge in [0.15, 0.2) is 0 Å². The van der Waals surface area contributed by atoms with E-state index in [9.17, 15) is 18.0 Å². The lowest BCUT2D eigenvalue weighted by molar-refractivity contribution is -0.136. The quantitative estimate of drug-likeness (QED) is 0.652. The first-order valence-electron chi connectivity index (χ1n) is 9.10. The topological polar surface area (TPSA) is 49.3 Å². The highest BCUT2D eigenvalue weighted by Gasteiger charge is 2.33. The Balaban J connectivity index is 1.76. The van der Waals surface area contributed by atoms with Crippen LogP contribution < -0.4 is 10.6 Å². The van der Waals surface area contributed by atoms with Crippen molar-refractivity contribution in [2.45, 2.75) is 12.2 Å². The number of halogens is 3. The normalized spacial score (nSPS) is 12.9. The first kappa shape index (κ1) is 20.7. The van der Waals surface area contributed by atoms with Crippen LogP contribution in [-0.4, -0.2) is 36.1 Å². The molecule has 0 aliphatic carbocycles. The summed E-state index contributed by atoms with van der Waals surface area (Å²) in [6.45, 7) is 0.237. The first-order chi connectivity index (χ1) is 13.7. The summed E-state index contributed by atoms with van der Waals surface area (Å²) in [5.41, 5.74) is 0.944. The van der Waals surface area contributed by atoms with Gasteiger partial charge in [-0.05, 0) is 37.9 Å². The smallest absolute Gasteiger partial charge is 0.350 e. The lowest BCUT2D eigenvalue weighted by atomic mass is 10.0. The van der Waals surface area contributed by atoms with Crippen LogP contribution >= 0.6 is 0 Å². The van der Waals surface area contributed by atoms with Crippen LogP contribution in [0.5, 0.6) is 0 Å². The van der Waals surface area contributed by atoms with Gasteiger partial charge >= 0.3 is 12.2 Å². The zero-order valence-electron chi connectivity index (χ0n) is 16.4. The predicted molar refractivity (Wildman–Crippen MR) is 108 cm³/mol. The molecule has 0 aliphatic heterocycles. The van der Waals surface area contributed by atoms with Crippen molar-refractivity contribution in [3.05, 3.63) is 65.9 Å². The predicted octanol–water partition coefficient (Wildman–Crippen LogP) is 4.62. The number of para-hydroxylation sites is 2. The highest BCUT2D eigenvalue weighted by molar-refractivity contribution is 5.90. The number of nitrogens with one attached hydrogen (secondary N) is 2. The highest BCUT2D eigenvalue weighted by Crippen LogP contribution is 2.34. The van der Waals surface area contributed by atoms with E-state index in [0.29, 0.717) is 0 Å². The van der Waals surface area contributed by atoms with Crippen molar-refractivity contribution in [2.75, 3.05) is 26.0 Å². The number of anilines is 1. The number of carbonyl (C=O) groups is 1. The number of amides is 2. The summed E-state index contributed by atoms with van der Waals surface area (Å²) < 4.78 is 41.3. The maximum absolute atomic E-state index is 13.1. The van der Waals surface area contributed by atoms with Crippen molar-refractivity contribution in [1.29, 1.82) is 0 Å². The van der Waals surface area contributed by atoms with E-state index < -0.39 is 17.8 Å². The standard InChI is InChI=1S/C21H23F3N4O/c1-27(2)19(15-13-28(3)18-11-7-4-8-14(15)18)12-25-20(29)26-17-10-6-5-9-16(17)21(22,23)24/h4-11,13,19H,12H2,1-3H3,(H2,25,26,29)/t19-/m0/s1. The summed E-state index contributed by atoms with van der Waals surface area (Å²) in [6.07, 6.45) is -2.53. The summed E-state index contributed by atoms with van der Waals surface area (Å²) in [5.74, 6) is 0. The molecule has 0 bridgehead atoms. The Hall–Kier alpha value is -3.00. The molecule has 2 N–H and O–H groups in total. The van der Waals surface area contributed by atoms with E-state index in [-0.39, 0.29) is 18.3 Å². The van der Waals surface area contributed by atoms with Gasteiger partial charge in [-0.1, -0.05) is 30.3 Å². The van der Waals surface area contributed by atoms with E-state index in [1.165, 1.54) is 18.2 Å². The number of nitrogens with zero attached hydrogens (tertiary/aromatic N) is 2. The molecule has 8 heteroatoms. The zero-order chi connectivity index (χ0) is 21.2. The number of hydrogen-bond acceptors (Lipinski definition) is 2. The van der Waals surface area contributed by atoms with Crippen molar-refractivity contribution in [1.82, 2.24) is 14.8 Å². The number of benzene rings is 2. The molecule has 154 valence electrons. The number of likely N-dealkylation sites (N-methyl/N-ethyl adjacent to an activating group) is 1. The van der Waals surface area contributed by atoms with Gasteiger partial charge in [0, 0.05) is 30.7 Å². The maximum atomic E-state index is 13.1. The van der Waals surface area contributed by atoms with Crippen LogP contribution in [0.3, 0.4) is 0 Å². The molecule has 2 amide bonds. The van der Waals surface area contributed by atoms with Gasteiger partial charge in [-0.25, -0.2) is 4.79 Å². The average molecular weight is 404 g/mol. The van der Waals surface area contributed by atoms with Crippen molar-refractivity contribution in [2.24, 2.45) is 7.05 Å². The number of alkyl halides is 3. The van der Waals surface area contributed by atoms with E-state index in [2.05, 4.69) is 10.6 Å². The minimum Gasteiger partial charge on any atom is -0.350 e. The fourth-order valence-corrected chi connectivity index (χ4v) is 3.40. The van der Waals surface area contributed by atoms with Gasteiger partial charge in [0.2, 0.25) is 0 Å². The van der Waals surface area contributed by atoms with Gasteiger partial charge in [-0.2, -0.15) is 13.2 Å². The summed E-state index contributed by atoms with van der Waals surface area (Å²) in [5, 5.41) is 6.07. The number of urea groups is 1. The molecular formula is C21H23F3N4O. The maximum Gasteiger partial charge on any atom is 0.418 e. The van der Waals surface area contributed by atoms with Crippen LogP contribution in [0, 0.1) is 0 Å². The third kappa shape index (κ3) is 4.54. The largest absolute Gasteiger partial charge is 0.418 e. The van der Waals surface area contributed by atoms with Gasteiger partial charge in [0.05, 0.1) is 17.3 Å². The number of aromatic nitrogens is 1. The lowest BCUT2D eigenvalue weighted by Crippen LogP contribution is -2.37. The van der Waals surface area contributed by atoms with E-state index in [0.717, 1.165) is 22.5 Å².